The summed E-state index contributed by atoms with van der Waals surface area (Å²) in [6.45, 7) is 4.04. The molecule has 0 amide bonds. The van der Waals surface area contributed by atoms with Crippen molar-refractivity contribution < 1.29 is 28.6 Å². The Labute approximate surface area is 164 Å². The summed E-state index contributed by atoms with van der Waals surface area (Å²) in [7, 11) is 4.08. The molecule has 1 aromatic carbocycles. The minimum absolute atomic E-state index is 0.113. The van der Waals surface area contributed by atoms with Crippen LogP contribution in [0.4, 0.5) is 0 Å². The summed E-state index contributed by atoms with van der Waals surface area (Å²) in [5, 5.41) is 1.56. The highest BCUT2D eigenvalue weighted by atomic mass is 16.7. The molecule has 0 bridgehead atoms. The fourth-order valence-corrected chi connectivity index (χ4v) is 4.09. The average Bonchev–Trinajstić information content (AvgIpc) is 3.11. The van der Waals surface area contributed by atoms with Gasteiger partial charge in [-0.1, -0.05) is 61.4 Å². The van der Waals surface area contributed by atoms with E-state index in [-0.39, 0.29) is 16.7 Å². The Balaban J connectivity index is 2.19. The van der Waals surface area contributed by atoms with Crippen LogP contribution in [-0.2, 0) is 28.6 Å². The Kier molecular flexibility index (Phi) is 5.32. The second-order valence-corrected chi connectivity index (χ2v) is 7.53. The summed E-state index contributed by atoms with van der Waals surface area (Å²) in [5.74, 6) is -1.56. The number of nitrogens with zero attached hydrogens (tertiary/aromatic N) is 1. The fourth-order valence-electron chi connectivity index (χ4n) is 4.09. The van der Waals surface area contributed by atoms with Gasteiger partial charge in [0.25, 0.3) is 0 Å². The zero-order valence-corrected chi connectivity index (χ0v) is 16.7. The van der Waals surface area contributed by atoms with E-state index in [0.29, 0.717) is 6.42 Å². The van der Waals surface area contributed by atoms with Gasteiger partial charge in [-0.15, -0.1) is 0 Å². The van der Waals surface area contributed by atoms with Crippen molar-refractivity contribution in [1.29, 1.82) is 0 Å². The van der Waals surface area contributed by atoms with Crippen LogP contribution in [-0.4, -0.2) is 50.1 Å². The number of ether oxygens (including phenoxy) is 3. The molecule has 0 aliphatic carbocycles. The molecule has 3 rings (SSSR count). The summed E-state index contributed by atoms with van der Waals surface area (Å²) < 4.78 is 15.5. The minimum Gasteiger partial charge on any atom is -0.465 e. The van der Waals surface area contributed by atoms with Crippen molar-refractivity contribution >= 4 is 18.0 Å². The van der Waals surface area contributed by atoms with Gasteiger partial charge in [-0.25, -0.2) is 9.59 Å². The van der Waals surface area contributed by atoms with Gasteiger partial charge >= 0.3 is 11.9 Å². The number of esters is 2. The summed E-state index contributed by atoms with van der Waals surface area (Å²) in [6.07, 6.45) is 3.75. The van der Waals surface area contributed by atoms with E-state index < -0.39 is 23.7 Å². The van der Waals surface area contributed by atoms with E-state index in [1.165, 1.54) is 14.2 Å². The molecule has 28 heavy (non-hydrogen) atoms. The van der Waals surface area contributed by atoms with Crippen LogP contribution >= 0.6 is 0 Å². The third kappa shape index (κ3) is 3.10. The van der Waals surface area contributed by atoms with Crippen molar-refractivity contribution in [2.45, 2.75) is 32.0 Å². The van der Waals surface area contributed by atoms with E-state index in [0.717, 1.165) is 5.56 Å². The van der Waals surface area contributed by atoms with Crippen molar-refractivity contribution in [2.24, 2.45) is 5.41 Å². The molecule has 2 heterocycles. The summed E-state index contributed by atoms with van der Waals surface area (Å²) in [6, 6.07) is 9.67. The number of hydrogen-bond donors (Lipinski definition) is 0. The molecule has 0 radical (unpaired) electrons. The van der Waals surface area contributed by atoms with Crippen LogP contribution in [0.1, 0.15) is 25.8 Å². The maximum absolute atomic E-state index is 12.7. The number of benzene rings is 1. The Morgan fingerprint density at radius 3 is 2.32 bits per heavy atom. The fraction of sp³-hybridized carbons (Fsp3) is 0.429. The third-order valence-corrected chi connectivity index (χ3v) is 5.18. The molecule has 7 heteroatoms. The first-order valence-corrected chi connectivity index (χ1v) is 8.96. The summed E-state index contributed by atoms with van der Waals surface area (Å²) in [5.41, 5.74) is -0.333. The number of carbonyl (C=O) groups excluding carboxylic acids is 2. The van der Waals surface area contributed by atoms with Crippen LogP contribution < -0.4 is 0 Å². The molecule has 0 aromatic heterocycles. The van der Waals surface area contributed by atoms with Gasteiger partial charge in [-0.05, 0) is 12.0 Å². The Bertz CT molecular complexity index is 829. The molecule has 2 atom stereocenters. The maximum Gasteiger partial charge on any atom is 0.376 e. The van der Waals surface area contributed by atoms with Gasteiger partial charge in [0.1, 0.15) is 17.3 Å². The van der Waals surface area contributed by atoms with E-state index in [1.54, 1.807) is 12.2 Å². The lowest BCUT2D eigenvalue weighted by Crippen LogP contribution is -2.45. The highest BCUT2D eigenvalue weighted by Crippen LogP contribution is 2.55. The van der Waals surface area contributed by atoms with Crippen molar-refractivity contribution in [3.05, 3.63) is 53.3 Å². The lowest BCUT2D eigenvalue weighted by atomic mass is 9.78. The SMILES string of the molecule is COC(=O)C1=C(C(=O)OC)[C@@]2(/C=C/c3ccccc3)CC(C)(C)[C@H](OC)N2O1. The molecule has 150 valence electrons. The lowest BCUT2D eigenvalue weighted by Gasteiger charge is -2.31. The number of rotatable bonds is 5. The molecular formula is C21H25NO6. The van der Waals surface area contributed by atoms with Crippen LogP contribution in [0.2, 0.25) is 0 Å². The van der Waals surface area contributed by atoms with Gasteiger partial charge in [0.05, 0.1) is 14.2 Å². The van der Waals surface area contributed by atoms with Crippen LogP contribution in [0.15, 0.2) is 47.7 Å². The molecule has 7 nitrogen and oxygen atoms in total. The van der Waals surface area contributed by atoms with E-state index in [4.69, 9.17) is 19.0 Å². The van der Waals surface area contributed by atoms with Crippen LogP contribution in [0.25, 0.3) is 6.08 Å². The largest absolute Gasteiger partial charge is 0.465 e. The smallest absolute Gasteiger partial charge is 0.376 e. The normalized spacial score (nSPS) is 26.2. The summed E-state index contributed by atoms with van der Waals surface area (Å²) in [4.78, 5) is 31.0. The van der Waals surface area contributed by atoms with E-state index in [1.807, 2.05) is 56.3 Å². The van der Waals surface area contributed by atoms with E-state index >= 15 is 0 Å². The van der Waals surface area contributed by atoms with Gasteiger partial charge in [-0.3, -0.25) is 0 Å². The van der Waals surface area contributed by atoms with Crippen LogP contribution in [0.5, 0.6) is 0 Å². The van der Waals surface area contributed by atoms with Crippen molar-refractivity contribution in [2.75, 3.05) is 21.3 Å². The monoisotopic (exact) mass is 387 g/mol. The van der Waals surface area contributed by atoms with Crippen molar-refractivity contribution in [3.63, 3.8) is 0 Å². The topological polar surface area (TPSA) is 74.3 Å². The zero-order valence-electron chi connectivity index (χ0n) is 16.7. The summed E-state index contributed by atoms with van der Waals surface area (Å²) >= 11 is 0. The number of fused-ring (bicyclic) bond motifs is 1. The molecule has 1 fully saturated rings. The Morgan fingerprint density at radius 2 is 1.75 bits per heavy atom. The standard InChI is InChI=1S/C21H25NO6/c1-20(2)13-21(12-11-14-9-7-6-8-10-14)15(17(23)25-3)16(18(24)26-4)28-22(21)19(20)27-5/h6-12,19H,13H2,1-5H3/b12-11+/t19-,21+/m0/s1. The van der Waals surface area contributed by atoms with Gasteiger partial charge in [0, 0.05) is 12.5 Å². The number of hydrogen-bond acceptors (Lipinski definition) is 7. The Morgan fingerprint density at radius 1 is 1.11 bits per heavy atom. The number of hydroxylamine groups is 2. The molecule has 0 N–H and O–H groups in total. The molecule has 2 aliphatic rings. The van der Waals surface area contributed by atoms with Gasteiger partial charge < -0.3 is 19.0 Å². The Hall–Kier alpha value is -2.64. The predicted molar refractivity (Wildman–Crippen MR) is 101 cm³/mol. The van der Waals surface area contributed by atoms with E-state index in [2.05, 4.69) is 0 Å². The molecule has 2 aliphatic heterocycles. The van der Waals surface area contributed by atoms with Gasteiger partial charge in [0.15, 0.2) is 0 Å². The minimum atomic E-state index is -1.03. The molecular weight excluding hydrogens is 362 g/mol. The maximum atomic E-state index is 12.7. The molecule has 1 saturated heterocycles. The van der Waals surface area contributed by atoms with Crippen LogP contribution in [0.3, 0.4) is 0 Å². The average molecular weight is 387 g/mol. The highest BCUT2D eigenvalue weighted by molar-refractivity contribution is 6.02. The first-order valence-electron chi connectivity index (χ1n) is 8.96. The highest BCUT2D eigenvalue weighted by Gasteiger charge is 2.65. The zero-order chi connectivity index (χ0) is 20.5. The first-order chi connectivity index (χ1) is 13.3. The number of carbonyl (C=O) groups is 2. The second-order valence-electron chi connectivity index (χ2n) is 7.53. The van der Waals surface area contributed by atoms with Gasteiger partial charge in [-0.2, -0.15) is 0 Å². The van der Waals surface area contributed by atoms with Crippen molar-refractivity contribution in [3.8, 4) is 0 Å². The predicted octanol–water partition coefficient (Wildman–Crippen LogP) is 2.69. The van der Waals surface area contributed by atoms with Crippen molar-refractivity contribution in [1.82, 2.24) is 5.06 Å². The van der Waals surface area contributed by atoms with E-state index in [9.17, 15) is 9.59 Å². The quantitative estimate of drug-likeness (QED) is 0.719. The van der Waals surface area contributed by atoms with Crippen LogP contribution in [0, 0.1) is 5.41 Å². The first kappa shape index (κ1) is 20.1. The van der Waals surface area contributed by atoms with Gasteiger partial charge in [0.2, 0.25) is 5.76 Å². The number of methoxy groups -OCH3 is 3. The lowest BCUT2D eigenvalue weighted by molar-refractivity contribution is -0.231. The molecule has 1 aromatic rings. The third-order valence-electron chi connectivity index (χ3n) is 5.18. The molecule has 0 unspecified atom stereocenters. The molecule has 0 spiro atoms. The second kappa shape index (κ2) is 7.41. The molecule has 0 saturated carbocycles.